The molecule has 1 fully saturated rings. The van der Waals surface area contributed by atoms with Gasteiger partial charge in [-0.05, 0) is 37.1 Å². The maximum absolute atomic E-state index is 13.2. The van der Waals surface area contributed by atoms with Gasteiger partial charge in [-0.1, -0.05) is 0 Å². The zero-order chi connectivity index (χ0) is 25.2. The molecule has 0 saturated carbocycles. The molecule has 1 aliphatic heterocycles. The predicted octanol–water partition coefficient (Wildman–Crippen LogP) is 4.52. The van der Waals surface area contributed by atoms with E-state index in [1.54, 1.807) is 12.0 Å². The van der Waals surface area contributed by atoms with Crippen LogP contribution in [-0.2, 0) is 4.79 Å². The lowest BCUT2D eigenvalue weighted by atomic mass is 9.90. The van der Waals surface area contributed by atoms with Gasteiger partial charge >= 0.3 is 6.36 Å². The zero-order valence-electron chi connectivity index (χ0n) is 19.1. The molecule has 0 spiro atoms. The molecule has 1 aromatic heterocycles. The third-order valence-corrected chi connectivity index (χ3v) is 5.81. The smallest absolute Gasteiger partial charge is 0.497 e. The molecule has 1 aliphatic rings. The van der Waals surface area contributed by atoms with Gasteiger partial charge in [-0.25, -0.2) is 9.97 Å². The van der Waals surface area contributed by atoms with Crippen molar-refractivity contribution in [2.45, 2.75) is 32.0 Å². The van der Waals surface area contributed by atoms with Gasteiger partial charge in [0, 0.05) is 43.5 Å². The van der Waals surface area contributed by atoms with Gasteiger partial charge in [0.15, 0.2) is 0 Å². The van der Waals surface area contributed by atoms with Crippen molar-refractivity contribution in [3.63, 3.8) is 0 Å². The number of hydrogen-bond donors (Lipinski definition) is 1. The molecule has 1 N–H and O–H groups in total. The van der Waals surface area contributed by atoms with E-state index in [0.717, 1.165) is 28.7 Å². The third-order valence-electron chi connectivity index (χ3n) is 5.81. The average Bonchev–Trinajstić information content (AvgIpc) is 2.82. The topological polar surface area (TPSA) is 93.7 Å². The Balaban J connectivity index is 1.51. The lowest BCUT2D eigenvalue weighted by Crippen LogP contribution is -2.38. The zero-order valence-corrected chi connectivity index (χ0v) is 19.1. The van der Waals surface area contributed by atoms with E-state index in [1.807, 2.05) is 18.2 Å². The number of methoxy groups -OCH3 is 1. The maximum atomic E-state index is 13.2. The second-order valence-electron chi connectivity index (χ2n) is 8.14. The first-order valence-electron chi connectivity index (χ1n) is 10.9. The van der Waals surface area contributed by atoms with Crippen LogP contribution in [0.25, 0.3) is 10.9 Å². The molecule has 11 heteroatoms. The Hall–Kier alpha value is -3.89. The number of carbonyl (C=O) groups excluding carboxylic acids is 2. The number of alkyl halides is 3. The van der Waals surface area contributed by atoms with E-state index in [-0.39, 0.29) is 23.1 Å². The van der Waals surface area contributed by atoms with Gasteiger partial charge in [-0.3, -0.25) is 9.59 Å². The van der Waals surface area contributed by atoms with Gasteiger partial charge in [0.2, 0.25) is 5.91 Å². The first-order chi connectivity index (χ1) is 16.6. The van der Waals surface area contributed by atoms with E-state index in [9.17, 15) is 22.8 Å². The van der Waals surface area contributed by atoms with Crippen LogP contribution in [0.3, 0.4) is 0 Å². The summed E-state index contributed by atoms with van der Waals surface area (Å²) in [6.07, 6.45) is -2.08. The van der Waals surface area contributed by atoms with Gasteiger partial charge in [0.25, 0.3) is 5.91 Å². The van der Waals surface area contributed by atoms with E-state index in [4.69, 9.17) is 4.74 Å². The van der Waals surface area contributed by atoms with Crippen LogP contribution in [0.5, 0.6) is 11.5 Å². The average molecular weight is 488 g/mol. The van der Waals surface area contributed by atoms with Gasteiger partial charge in [0.05, 0.1) is 29.6 Å². The van der Waals surface area contributed by atoms with Crippen LogP contribution in [0.4, 0.5) is 18.9 Å². The molecule has 8 nitrogen and oxygen atoms in total. The number of rotatable bonds is 5. The summed E-state index contributed by atoms with van der Waals surface area (Å²) in [5, 5.41) is 3.35. The second-order valence-corrected chi connectivity index (χ2v) is 8.14. The van der Waals surface area contributed by atoms with E-state index in [2.05, 4.69) is 20.0 Å². The number of ether oxygens (including phenoxy) is 2. The number of fused-ring (bicyclic) bond motifs is 1. The molecular formula is C24H23F3N4O4. The van der Waals surface area contributed by atoms with Crippen LogP contribution in [0.1, 0.15) is 41.7 Å². The number of nitrogens with zero attached hydrogens (tertiary/aromatic N) is 3. The van der Waals surface area contributed by atoms with Crippen molar-refractivity contribution in [2.24, 2.45) is 0 Å². The Kier molecular flexibility index (Phi) is 6.77. The summed E-state index contributed by atoms with van der Waals surface area (Å²) >= 11 is 0. The molecule has 0 atom stereocenters. The molecule has 35 heavy (non-hydrogen) atoms. The van der Waals surface area contributed by atoms with Crippen LogP contribution in [0.2, 0.25) is 0 Å². The van der Waals surface area contributed by atoms with Crippen molar-refractivity contribution in [3.05, 3.63) is 54.0 Å². The number of likely N-dealkylation sites (tertiary alicyclic amines) is 1. The predicted molar refractivity (Wildman–Crippen MR) is 121 cm³/mol. The normalized spacial score (nSPS) is 14.6. The minimum Gasteiger partial charge on any atom is -0.497 e. The van der Waals surface area contributed by atoms with Crippen LogP contribution < -0.4 is 14.8 Å². The molecule has 3 aromatic rings. The molecule has 2 aromatic carbocycles. The lowest BCUT2D eigenvalue weighted by Gasteiger charge is -2.32. The molecule has 184 valence electrons. The SMILES string of the molecule is COc1ccc2c(C3CCN(C(=O)c4ccc(OC(F)(F)F)cc4NC(C)=O)CC3)ncnc2c1. The summed E-state index contributed by atoms with van der Waals surface area (Å²) in [5.74, 6) is -0.625. The number of nitrogens with one attached hydrogen (secondary N) is 1. The Bertz CT molecular complexity index is 1260. The van der Waals surface area contributed by atoms with Crippen molar-refractivity contribution in [3.8, 4) is 11.5 Å². The summed E-state index contributed by atoms with van der Waals surface area (Å²) in [4.78, 5) is 35.2. The molecule has 0 bridgehead atoms. The number of carbonyl (C=O) groups is 2. The molecular weight excluding hydrogens is 465 g/mol. The monoisotopic (exact) mass is 488 g/mol. The van der Waals surface area contributed by atoms with Crippen molar-refractivity contribution < 1.29 is 32.2 Å². The summed E-state index contributed by atoms with van der Waals surface area (Å²) < 4.78 is 47.0. The number of halogens is 3. The van der Waals surface area contributed by atoms with Gasteiger partial charge < -0.3 is 19.7 Å². The summed E-state index contributed by atoms with van der Waals surface area (Å²) in [6, 6.07) is 8.89. The Labute approximate surface area is 199 Å². The highest BCUT2D eigenvalue weighted by atomic mass is 19.4. The van der Waals surface area contributed by atoms with Crippen LogP contribution in [0, 0.1) is 0 Å². The second kappa shape index (κ2) is 9.77. The highest BCUT2D eigenvalue weighted by Crippen LogP contribution is 2.34. The minimum atomic E-state index is -4.89. The van der Waals surface area contributed by atoms with Crippen LogP contribution >= 0.6 is 0 Å². The van der Waals surface area contributed by atoms with Crippen molar-refractivity contribution in [1.29, 1.82) is 0 Å². The Morgan fingerprint density at radius 2 is 1.77 bits per heavy atom. The Morgan fingerprint density at radius 3 is 2.43 bits per heavy atom. The van der Waals surface area contributed by atoms with Crippen LogP contribution in [0.15, 0.2) is 42.7 Å². The maximum Gasteiger partial charge on any atom is 0.573 e. The van der Waals surface area contributed by atoms with Crippen LogP contribution in [-0.4, -0.2) is 53.2 Å². The number of piperidine rings is 1. The van der Waals surface area contributed by atoms with Gasteiger partial charge in [-0.15, -0.1) is 13.2 Å². The fourth-order valence-corrected chi connectivity index (χ4v) is 4.24. The Morgan fingerprint density at radius 1 is 1.06 bits per heavy atom. The molecule has 2 amide bonds. The molecule has 2 heterocycles. The third kappa shape index (κ3) is 5.61. The summed E-state index contributed by atoms with van der Waals surface area (Å²) in [5.41, 5.74) is 1.72. The fraction of sp³-hybridized carbons (Fsp3) is 0.333. The van der Waals surface area contributed by atoms with E-state index in [0.29, 0.717) is 31.7 Å². The van der Waals surface area contributed by atoms with E-state index in [1.165, 1.54) is 19.3 Å². The molecule has 0 aliphatic carbocycles. The number of hydrogen-bond acceptors (Lipinski definition) is 6. The standard InChI is InChI=1S/C24H23F3N4O4/c1-14(32)30-21-12-17(35-24(25,26)27)4-6-19(21)23(33)31-9-7-15(8-10-31)22-18-5-3-16(34-2)11-20(18)28-13-29-22/h3-6,11-13,15H,7-10H2,1-2H3,(H,30,32). The molecule has 0 unspecified atom stereocenters. The minimum absolute atomic E-state index is 0.0397. The first-order valence-corrected chi connectivity index (χ1v) is 10.9. The number of amides is 2. The van der Waals surface area contributed by atoms with E-state index < -0.39 is 18.0 Å². The van der Waals surface area contributed by atoms with Gasteiger partial charge in [0.1, 0.15) is 17.8 Å². The highest BCUT2D eigenvalue weighted by molar-refractivity contribution is 6.03. The number of aromatic nitrogens is 2. The quantitative estimate of drug-likeness (QED) is 0.568. The first kappa shape index (κ1) is 24.2. The van der Waals surface area contributed by atoms with Crippen molar-refractivity contribution in [2.75, 3.05) is 25.5 Å². The number of anilines is 1. The molecule has 0 radical (unpaired) electrons. The molecule has 4 rings (SSSR count). The molecule has 1 saturated heterocycles. The van der Waals surface area contributed by atoms with Gasteiger partial charge in [-0.2, -0.15) is 0 Å². The number of benzene rings is 2. The highest BCUT2D eigenvalue weighted by Gasteiger charge is 2.32. The summed E-state index contributed by atoms with van der Waals surface area (Å²) in [7, 11) is 1.59. The largest absolute Gasteiger partial charge is 0.573 e. The summed E-state index contributed by atoms with van der Waals surface area (Å²) in [6.45, 7) is 2.05. The lowest BCUT2D eigenvalue weighted by molar-refractivity contribution is -0.274. The van der Waals surface area contributed by atoms with Crippen molar-refractivity contribution in [1.82, 2.24) is 14.9 Å². The van der Waals surface area contributed by atoms with Crippen molar-refractivity contribution >= 4 is 28.4 Å². The fourth-order valence-electron chi connectivity index (χ4n) is 4.24. The van der Waals surface area contributed by atoms with E-state index >= 15 is 0 Å².